The minimum atomic E-state index is -0.513. The molecule has 1 aromatic heterocycles. The van der Waals surface area contributed by atoms with Gasteiger partial charge in [-0.25, -0.2) is 4.79 Å². The number of aromatic nitrogens is 2. The van der Waals surface area contributed by atoms with Crippen LogP contribution in [0, 0.1) is 13.8 Å². The van der Waals surface area contributed by atoms with E-state index < -0.39 is 5.69 Å². The fourth-order valence-electron chi connectivity index (χ4n) is 3.76. The van der Waals surface area contributed by atoms with Crippen molar-refractivity contribution in [2.24, 2.45) is 0 Å². The Bertz CT molecular complexity index is 1180. The normalized spacial score (nSPS) is 15.0. The van der Waals surface area contributed by atoms with E-state index in [4.69, 9.17) is 4.74 Å². The number of aromatic amines is 2. The first-order chi connectivity index (χ1) is 13.0. The molecule has 0 spiro atoms. The maximum absolute atomic E-state index is 12.6. The van der Waals surface area contributed by atoms with Crippen LogP contribution in [0.1, 0.15) is 44.9 Å². The quantitative estimate of drug-likeness (QED) is 0.576. The zero-order valence-electron chi connectivity index (χ0n) is 15.4. The summed E-state index contributed by atoms with van der Waals surface area (Å²) in [6.07, 6.45) is 5.66. The van der Waals surface area contributed by atoms with E-state index in [1.54, 1.807) is 7.11 Å². The summed E-state index contributed by atoms with van der Waals surface area (Å²) in [6.45, 7) is 4.04. The monoisotopic (exact) mass is 360 g/mol. The highest BCUT2D eigenvalue weighted by Gasteiger charge is 2.27. The van der Waals surface area contributed by atoms with Crippen LogP contribution in [0.4, 0.5) is 0 Å². The van der Waals surface area contributed by atoms with Crippen LogP contribution in [0.3, 0.4) is 0 Å². The molecule has 2 aromatic carbocycles. The average molecular weight is 360 g/mol. The smallest absolute Gasteiger partial charge is 0.325 e. The summed E-state index contributed by atoms with van der Waals surface area (Å²) in [5.41, 5.74) is 5.83. The van der Waals surface area contributed by atoms with Crippen molar-refractivity contribution in [1.82, 2.24) is 9.97 Å². The Morgan fingerprint density at radius 3 is 2.37 bits per heavy atom. The van der Waals surface area contributed by atoms with Crippen molar-refractivity contribution < 1.29 is 4.74 Å². The molecular formula is C22H20N2O3. The Morgan fingerprint density at radius 2 is 1.67 bits per heavy atom. The van der Waals surface area contributed by atoms with Crippen LogP contribution >= 0.6 is 0 Å². The molecule has 1 heterocycles. The van der Waals surface area contributed by atoms with Gasteiger partial charge in [0.2, 0.25) is 0 Å². The van der Waals surface area contributed by atoms with Crippen molar-refractivity contribution in [3.63, 3.8) is 0 Å². The molecule has 0 aliphatic heterocycles. The number of benzene rings is 2. The molecule has 27 heavy (non-hydrogen) atoms. The van der Waals surface area contributed by atoms with Crippen molar-refractivity contribution in [2.75, 3.05) is 7.11 Å². The number of hydrogen-bond acceptors (Lipinski definition) is 3. The van der Waals surface area contributed by atoms with Crippen LogP contribution < -0.4 is 16.0 Å². The molecule has 0 radical (unpaired) electrons. The van der Waals surface area contributed by atoms with Gasteiger partial charge in [-0.15, -0.1) is 0 Å². The number of aryl methyl sites for hydroxylation is 2. The van der Waals surface area contributed by atoms with E-state index in [1.807, 2.05) is 32.0 Å². The first kappa shape index (κ1) is 17.1. The van der Waals surface area contributed by atoms with Crippen molar-refractivity contribution in [2.45, 2.75) is 19.8 Å². The van der Waals surface area contributed by atoms with Gasteiger partial charge in [0.1, 0.15) is 5.75 Å². The molecule has 4 rings (SSSR count). The minimum Gasteiger partial charge on any atom is -0.496 e. The molecule has 2 N–H and O–H groups in total. The molecule has 0 saturated heterocycles. The second kappa shape index (κ2) is 6.43. The summed E-state index contributed by atoms with van der Waals surface area (Å²) in [5.74, 6) is 0.448. The van der Waals surface area contributed by atoms with Gasteiger partial charge < -0.3 is 9.72 Å². The maximum atomic E-state index is 12.6. The summed E-state index contributed by atoms with van der Waals surface area (Å²) in [7, 11) is 1.64. The number of fused-ring (bicyclic) bond motifs is 2. The predicted octanol–water partition coefficient (Wildman–Crippen LogP) is 3.35. The summed E-state index contributed by atoms with van der Waals surface area (Å²) in [6, 6.07) is 10.2. The Kier molecular flexibility index (Phi) is 4.07. The third-order valence-corrected chi connectivity index (χ3v) is 5.07. The molecule has 3 aromatic rings. The zero-order chi connectivity index (χ0) is 19.1. The molecular weight excluding hydrogens is 340 g/mol. The van der Waals surface area contributed by atoms with Crippen LogP contribution in [0.25, 0.3) is 12.2 Å². The molecule has 1 aliphatic rings. The summed E-state index contributed by atoms with van der Waals surface area (Å²) < 4.78 is 5.52. The van der Waals surface area contributed by atoms with Crippen molar-refractivity contribution in [3.8, 4) is 5.75 Å². The third kappa shape index (κ3) is 2.91. The molecule has 0 saturated carbocycles. The fraction of sp³-hybridized carbons (Fsp3) is 0.182. The van der Waals surface area contributed by atoms with Crippen LogP contribution in [-0.2, 0) is 0 Å². The van der Waals surface area contributed by atoms with E-state index in [-0.39, 0.29) is 11.5 Å². The summed E-state index contributed by atoms with van der Waals surface area (Å²) in [4.78, 5) is 29.1. The third-order valence-electron chi connectivity index (χ3n) is 5.07. The Labute approximate surface area is 156 Å². The number of ether oxygens (including phenoxy) is 1. The molecule has 1 atom stereocenters. The lowest BCUT2D eigenvalue weighted by molar-refractivity contribution is 0.411. The van der Waals surface area contributed by atoms with Crippen molar-refractivity contribution >= 4 is 12.2 Å². The van der Waals surface area contributed by atoms with Crippen LogP contribution in [-0.4, -0.2) is 17.1 Å². The second-order valence-electron chi connectivity index (χ2n) is 6.88. The van der Waals surface area contributed by atoms with E-state index in [9.17, 15) is 9.59 Å². The highest BCUT2D eigenvalue weighted by atomic mass is 16.5. The van der Waals surface area contributed by atoms with Crippen LogP contribution in [0.2, 0.25) is 0 Å². The van der Waals surface area contributed by atoms with E-state index in [0.29, 0.717) is 5.56 Å². The maximum Gasteiger partial charge on any atom is 0.325 e. The second-order valence-corrected chi connectivity index (χ2v) is 6.88. The van der Waals surface area contributed by atoms with Crippen LogP contribution in [0.15, 0.2) is 46.1 Å². The van der Waals surface area contributed by atoms with Gasteiger partial charge >= 0.3 is 5.69 Å². The Hall–Kier alpha value is -3.34. The Morgan fingerprint density at radius 1 is 0.926 bits per heavy atom. The molecule has 5 nitrogen and oxygen atoms in total. The number of H-pyrrole nitrogens is 2. The van der Waals surface area contributed by atoms with Gasteiger partial charge in [-0.3, -0.25) is 9.78 Å². The highest BCUT2D eigenvalue weighted by Crippen LogP contribution is 2.40. The lowest BCUT2D eigenvalue weighted by Crippen LogP contribution is -2.27. The molecule has 0 fully saturated rings. The van der Waals surface area contributed by atoms with E-state index >= 15 is 0 Å². The highest BCUT2D eigenvalue weighted by molar-refractivity contribution is 5.78. The van der Waals surface area contributed by atoms with Gasteiger partial charge in [-0.05, 0) is 53.8 Å². The molecule has 5 heteroatoms. The molecule has 1 unspecified atom stereocenters. The Balaban J connectivity index is 2.08. The molecule has 0 bridgehead atoms. The first-order valence-corrected chi connectivity index (χ1v) is 8.77. The lowest BCUT2D eigenvalue weighted by Gasteiger charge is -2.21. The lowest BCUT2D eigenvalue weighted by atomic mass is 9.82. The number of hydrogen-bond donors (Lipinski definition) is 2. The van der Waals surface area contributed by atoms with Gasteiger partial charge in [0, 0.05) is 17.7 Å². The topological polar surface area (TPSA) is 75.0 Å². The number of rotatable bonds is 2. The van der Waals surface area contributed by atoms with E-state index in [1.165, 1.54) is 6.20 Å². The zero-order valence-corrected chi connectivity index (χ0v) is 15.4. The molecule has 0 amide bonds. The van der Waals surface area contributed by atoms with E-state index in [2.05, 4.69) is 34.3 Å². The first-order valence-electron chi connectivity index (χ1n) is 8.77. The fourth-order valence-corrected chi connectivity index (χ4v) is 3.76. The van der Waals surface area contributed by atoms with Crippen molar-refractivity contribution in [3.05, 3.63) is 96.3 Å². The minimum absolute atomic E-state index is 0.319. The number of nitrogens with one attached hydrogen (secondary N) is 2. The molecule has 1 aliphatic carbocycles. The van der Waals surface area contributed by atoms with Gasteiger partial charge in [0.25, 0.3) is 5.56 Å². The predicted molar refractivity (Wildman–Crippen MR) is 106 cm³/mol. The SMILES string of the molecule is COc1cc2c(cc1C)C=Cc1cc(C)ccc1C2c1c[nH]c(=O)[nH]c1=O. The van der Waals surface area contributed by atoms with Gasteiger partial charge in [-0.2, -0.15) is 0 Å². The van der Waals surface area contributed by atoms with Crippen molar-refractivity contribution in [1.29, 1.82) is 0 Å². The standard InChI is InChI=1S/C22H20N2O3/c1-12-4-7-16-14(8-12)5-6-15-9-13(2)19(27-3)10-17(15)20(16)18-11-23-22(26)24-21(18)25/h4-11,20H,1-3H3,(H2,23,24,25,26). The average Bonchev–Trinajstić information content (AvgIpc) is 2.78. The largest absolute Gasteiger partial charge is 0.496 e. The van der Waals surface area contributed by atoms with Gasteiger partial charge in [-0.1, -0.05) is 35.9 Å². The number of methoxy groups -OCH3 is 1. The summed E-state index contributed by atoms with van der Waals surface area (Å²) >= 11 is 0. The van der Waals surface area contributed by atoms with Gasteiger partial charge in [0.05, 0.1) is 7.11 Å². The van der Waals surface area contributed by atoms with E-state index in [0.717, 1.165) is 39.1 Å². The molecule has 136 valence electrons. The summed E-state index contributed by atoms with van der Waals surface area (Å²) in [5, 5.41) is 0. The van der Waals surface area contributed by atoms with Crippen LogP contribution in [0.5, 0.6) is 5.75 Å². The van der Waals surface area contributed by atoms with Gasteiger partial charge in [0.15, 0.2) is 0 Å².